The van der Waals surface area contributed by atoms with Gasteiger partial charge in [0.15, 0.2) is 5.78 Å². The minimum Gasteiger partial charge on any atom is -0.379 e. The van der Waals surface area contributed by atoms with Gasteiger partial charge in [-0.05, 0) is 0 Å². The summed E-state index contributed by atoms with van der Waals surface area (Å²) in [5.74, 6) is -0.262. The first-order valence-corrected chi connectivity index (χ1v) is 3.37. The molecule has 0 amide bonds. The summed E-state index contributed by atoms with van der Waals surface area (Å²) >= 11 is 0. The average molecular weight is 141 g/mol. The first-order valence-electron chi connectivity index (χ1n) is 3.37. The lowest BCUT2D eigenvalue weighted by Crippen LogP contribution is -2.38. The van der Waals surface area contributed by atoms with Crippen molar-refractivity contribution in [3.05, 3.63) is 6.92 Å². The molecule has 0 spiro atoms. The van der Waals surface area contributed by atoms with Crippen molar-refractivity contribution in [2.75, 3.05) is 32.8 Å². The molecule has 0 N–H and O–H groups in total. The van der Waals surface area contributed by atoms with Crippen molar-refractivity contribution in [2.24, 2.45) is 0 Å². The predicted octanol–water partition coefficient (Wildman–Crippen LogP) is -0.401. The normalized spacial score (nSPS) is 20.9. The smallest absolute Gasteiger partial charge is 0.151 e. The van der Waals surface area contributed by atoms with E-state index in [1.807, 2.05) is 4.90 Å². The van der Waals surface area contributed by atoms with Crippen LogP contribution in [0.3, 0.4) is 0 Å². The van der Waals surface area contributed by atoms with Crippen LogP contribution < -0.4 is 0 Å². The average Bonchev–Trinajstić information content (AvgIpc) is 1.88. The quantitative estimate of drug-likeness (QED) is 0.524. The number of nitrogens with zero attached hydrogens (tertiary/aromatic N) is 1. The van der Waals surface area contributed by atoms with Crippen molar-refractivity contribution < 1.29 is 9.53 Å². The van der Waals surface area contributed by atoms with Crippen LogP contribution in [0.15, 0.2) is 0 Å². The van der Waals surface area contributed by atoms with Crippen LogP contribution in [-0.2, 0) is 9.53 Å². The van der Waals surface area contributed by atoms with E-state index in [4.69, 9.17) is 11.7 Å². The summed E-state index contributed by atoms with van der Waals surface area (Å²) in [7, 11) is 0. The molecule has 3 heteroatoms. The summed E-state index contributed by atoms with van der Waals surface area (Å²) in [5.41, 5.74) is 0. The van der Waals surface area contributed by atoms with Crippen LogP contribution in [0.2, 0.25) is 0 Å². The second-order valence-electron chi connectivity index (χ2n) is 2.35. The third-order valence-corrected chi connectivity index (χ3v) is 1.48. The van der Waals surface area contributed by atoms with Crippen LogP contribution in [0, 0.1) is 6.92 Å². The minimum atomic E-state index is -0.262. The van der Waals surface area contributed by atoms with E-state index in [0.717, 1.165) is 13.1 Å². The fraction of sp³-hybridized carbons (Fsp3) is 0.714. The van der Waals surface area contributed by atoms with Gasteiger partial charge in [0.05, 0.1) is 19.8 Å². The van der Waals surface area contributed by atoms with Gasteiger partial charge in [-0.3, -0.25) is 9.69 Å². The Morgan fingerprint density at radius 1 is 1.50 bits per heavy atom. The lowest BCUT2D eigenvalue weighted by Gasteiger charge is -2.24. The fourth-order valence-corrected chi connectivity index (χ4v) is 0.980. The third-order valence-electron chi connectivity index (χ3n) is 1.48. The summed E-state index contributed by atoms with van der Waals surface area (Å²) in [6, 6.07) is 0. The summed E-state index contributed by atoms with van der Waals surface area (Å²) in [6.45, 7) is 8.44. The van der Waals surface area contributed by atoms with E-state index in [1.165, 1.54) is 0 Å². The second-order valence-corrected chi connectivity index (χ2v) is 2.35. The molecule has 1 saturated heterocycles. The number of hydrogen-bond acceptors (Lipinski definition) is 3. The Bertz CT molecular complexity index is 119. The number of ketones is 1. The van der Waals surface area contributed by atoms with E-state index >= 15 is 0 Å². The lowest BCUT2D eigenvalue weighted by atomic mass is 10.3. The van der Waals surface area contributed by atoms with Crippen LogP contribution in [0.1, 0.15) is 0 Å². The van der Waals surface area contributed by atoms with Gasteiger partial charge in [0.25, 0.3) is 0 Å². The second kappa shape index (κ2) is 3.68. The first kappa shape index (κ1) is 7.69. The number of carbonyl (C=O) groups is 1. The zero-order valence-corrected chi connectivity index (χ0v) is 5.88. The highest BCUT2D eigenvalue weighted by Crippen LogP contribution is 1.95. The SMILES string of the molecule is [CH]C(=O)CN1CCOCC1. The van der Waals surface area contributed by atoms with Crippen molar-refractivity contribution in [2.45, 2.75) is 0 Å². The van der Waals surface area contributed by atoms with E-state index in [9.17, 15) is 4.79 Å². The zero-order chi connectivity index (χ0) is 7.40. The molecule has 2 radical (unpaired) electrons. The van der Waals surface area contributed by atoms with Crippen molar-refractivity contribution >= 4 is 5.78 Å². The number of carbonyl (C=O) groups excluding carboxylic acids is 1. The summed E-state index contributed by atoms with van der Waals surface area (Å²) in [5, 5.41) is 0. The molecular weight excluding hydrogens is 130 g/mol. The van der Waals surface area contributed by atoms with Gasteiger partial charge in [0.1, 0.15) is 0 Å². The molecular formula is C7H11NO2. The molecule has 0 unspecified atom stereocenters. The topological polar surface area (TPSA) is 29.5 Å². The third kappa shape index (κ3) is 2.45. The minimum absolute atomic E-state index is 0.262. The molecule has 3 nitrogen and oxygen atoms in total. The number of rotatable bonds is 2. The van der Waals surface area contributed by atoms with E-state index in [-0.39, 0.29) is 5.78 Å². The number of Topliss-reactive ketones (excluding diaryl/α,β-unsaturated/α-hetero) is 1. The number of hydrogen-bond donors (Lipinski definition) is 0. The highest BCUT2D eigenvalue weighted by Gasteiger charge is 2.10. The van der Waals surface area contributed by atoms with Crippen LogP contribution >= 0.6 is 0 Å². The van der Waals surface area contributed by atoms with Crippen molar-refractivity contribution in [3.8, 4) is 0 Å². The Balaban J connectivity index is 2.19. The maximum absolute atomic E-state index is 10.4. The highest BCUT2D eigenvalue weighted by molar-refractivity contribution is 5.84. The predicted molar refractivity (Wildman–Crippen MR) is 36.6 cm³/mol. The van der Waals surface area contributed by atoms with E-state index in [0.29, 0.717) is 19.8 Å². The van der Waals surface area contributed by atoms with Crippen LogP contribution in [0.25, 0.3) is 0 Å². The largest absolute Gasteiger partial charge is 0.379 e. The molecule has 1 heterocycles. The number of morpholine rings is 1. The van der Waals surface area contributed by atoms with Crippen molar-refractivity contribution in [1.82, 2.24) is 4.90 Å². The summed E-state index contributed by atoms with van der Waals surface area (Å²) in [6.07, 6.45) is 0. The molecule has 0 aliphatic carbocycles. The van der Waals surface area contributed by atoms with Gasteiger partial charge in [0, 0.05) is 20.0 Å². The van der Waals surface area contributed by atoms with Crippen molar-refractivity contribution in [3.63, 3.8) is 0 Å². The Labute approximate surface area is 61.0 Å². The van der Waals surface area contributed by atoms with E-state index in [2.05, 4.69) is 0 Å². The number of ether oxygens (including phenoxy) is 1. The van der Waals surface area contributed by atoms with Gasteiger partial charge in [0.2, 0.25) is 0 Å². The van der Waals surface area contributed by atoms with Gasteiger partial charge in [-0.25, -0.2) is 0 Å². The molecule has 0 atom stereocenters. The summed E-state index contributed by atoms with van der Waals surface area (Å²) < 4.78 is 5.09. The van der Waals surface area contributed by atoms with Crippen molar-refractivity contribution in [1.29, 1.82) is 0 Å². The fourth-order valence-electron chi connectivity index (χ4n) is 0.980. The van der Waals surface area contributed by atoms with Gasteiger partial charge >= 0.3 is 0 Å². The molecule has 0 aromatic rings. The molecule has 1 aliphatic heterocycles. The summed E-state index contributed by atoms with van der Waals surface area (Å²) in [4.78, 5) is 12.4. The molecule has 0 bridgehead atoms. The van der Waals surface area contributed by atoms with Crippen LogP contribution in [0.4, 0.5) is 0 Å². The van der Waals surface area contributed by atoms with Gasteiger partial charge < -0.3 is 4.74 Å². The maximum atomic E-state index is 10.4. The highest BCUT2D eigenvalue weighted by atomic mass is 16.5. The Kier molecular flexibility index (Phi) is 2.83. The van der Waals surface area contributed by atoms with E-state index < -0.39 is 0 Å². The van der Waals surface area contributed by atoms with Crippen LogP contribution in [0.5, 0.6) is 0 Å². The van der Waals surface area contributed by atoms with Crippen LogP contribution in [-0.4, -0.2) is 43.5 Å². The molecule has 0 aromatic carbocycles. The maximum Gasteiger partial charge on any atom is 0.151 e. The van der Waals surface area contributed by atoms with Gasteiger partial charge in [-0.2, -0.15) is 0 Å². The van der Waals surface area contributed by atoms with E-state index in [1.54, 1.807) is 0 Å². The molecule has 56 valence electrons. The monoisotopic (exact) mass is 141 g/mol. The van der Waals surface area contributed by atoms with Gasteiger partial charge in [-0.15, -0.1) is 0 Å². The molecule has 0 saturated carbocycles. The molecule has 10 heavy (non-hydrogen) atoms. The lowest BCUT2D eigenvalue weighted by molar-refractivity contribution is -0.116. The molecule has 1 aliphatic rings. The Morgan fingerprint density at radius 3 is 2.60 bits per heavy atom. The zero-order valence-electron chi connectivity index (χ0n) is 5.88. The molecule has 0 aromatic heterocycles. The molecule has 1 fully saturated rings. The molecule has 1 rings (SSSR count). The first-order chi connectivity index (χ1) is 4.79. The Hall–Kier alpha value is -0.410. The van der Waals surface area contributed by atoms with Gasteiger partial charge in [-0.1, -0.05) is 0 Å². The standard InChI is InChI=1S/C7H11NO2/c1-7(9)6-8-2-4-10-5-3-8/h1H,2-6H2. The Morgan fingerprint density at radius 2 is 2.10 bits per heavy atom.